The van der Waals surface area contributed by atoms with Crippen molar-refractivity contribution < 1.29 is 18.4 Å². The van der Waals surface area contributed by atoms with Crippen molar-refractivity contribution in [2.75, 3.05) is 10.6 Å². The van der Waals surface area contributed by atoms with Crippen molar-refractivity contribution in [2.24, 2.45) is 5.41 Å². The highest BCUT2D eigenvalue weighted by molar-refractivity contribution is 14.1. The van der Waals surface area contributed by atoms with Crippen LogP contribution in [0, 0.1) is 28.4 Å². The lowest BCUT2D eigenvalue weighted by Crippen LogP contribution is -2.50. The molecule has 3 N–H and O–H groups in total. The maximum atomic E-state index is 16.2. The van der Waals surface area contributed by atoms with Gasteiger partial charge < -0.3 is 16.0 Å². The zero-order valence-corrected chi connectivity index (χ0v) is 25.5. The van der Waals surface area contributed by atoms with Gasteiger partial charge in [-0.05, 0) is 59.4 Å². The number of fused-ring (bicyclic) bond motifs is 2. The van der Waals surface area contributed by atoms with E-state index in [1.807, 2.05) is 26.8 Å². The Labute approximate surface area is 256 Å². The summed E-state index contributed by atoms with van der Waals surface area (Å²) in [5, 5.41) is 18.3. The third kappa shape index (κ3) is 5.11. The van der Waals surface area contributed by atoms with Crippen LogP contribution in [0.1, 0.15) is 55.4 Å². The highest BCUT2D eigenvalue weighted by Gasteiger charge is 2.67. The SMILES string of the molecule is CC(C)(C)C[C@@H]1N[C@@H](C(=O)Nc2ccc(C#N)cc2)[C@H](c2cccc(CI)c2F)[C@]12C(=O)Nc1cc(Cl)cc(F)c12. The Morgan fingerprint density at radius 1 is 1.17 bits per heavy atom. The Balaban J connectivity index is 1.75. The summed E-state index contributed by atoms with van der Waals surface area (Å²) in [4.78, 5) is 28.2. The number of halogens is 4. The number of nitrogens with one attached hydrogen (secondary N) is 3. The van der Waals surface area contributed by atoms with Gasteiger partial charge in [-0.3, -0.25) is 9.59 Å². The molecule has 5 rings (SSSR count). The molecule has 0 saturated carbocycles. The topological polar surface area (TPSA) is 94.0 Å². The second-order valence-electron chi connectivity index (χ2n) is 11.7. The lowest BCUT2D eigenvalue weighted by Gasteiger charge is -2.38. The molecule has 0 bridgehead atoms. The minimum Gasteiger partial charge on any atom is -0.325 e. The van der Waals surface area contributed by atoms with Gasteiger partial charge in [-0.1, -0.05) is 73.2 Å². The van der Waals surface area contributed by atoms with E-state index in [0.717, 1.165) is 6.07 Å². The number of carbonyl (C=O) groups excluding carboxylic acids is 2. The largest absolute Gasteiger partial charge is 0.325 e. The van der Waals surface area contributed by atoms with Crippen molar-refractivity contribution in [1.29, 1.82) is 5.26 Å². The molecule has 10 heteroatoms. The van der Waals surface area contributed by atoms with Crippen LogP contribution in [0.3, 0.4) is 0 Å². The average molecular weight is 689 g/mol. The molecule has 1 spiro atoms. The van der Waals surface area contributed by atoms with Crippen molar-refractivity contribution in [2.45, 2.75) is 55.0 Å². The normalized spacial score (nSPS) is 23.3. The fraction of sp³-hybridized carbons (Fsp3) is 0.323. The van der Waals surface area contributed by atoms with Crippen LogP contribution in [0.2, 0.25) is 5.02 Å². The Hall–Kier alpha value is -3.07. The molecule has 2 amide bonds. The number of carbonyl (C=O) groups is 2. The lowest BCUT2D eigenvalue weighted by atomic mass is 9.62. The van der Waals surface area contributed by atoms with E-state index >= 15 is 8.78 Å². The van der Waals surface area contributed by atoms with Crippen molar-refractivity contribution in [3.8, 4) is 6.07 Å². The van der Waals surface area contributed by atoms with Gasteiger partial charge in [0.25, 0.3) is 0 Å². The highest BCUT2D eigenvalue weighted by Crippen LogP contribution is 2.58. The molecule has 0 radical (unpaired) electrons. The third-order valence-corrected chi connectivity index (χ3v) is 8.85. The van der Waals surface area contributed by atoms with Crippen molar-refractivity contribution in [3.05, 3.63) is 93.5 Å². The number of nitrogens with zero attached hydrogens (tertiary/aromatic N) is 1. The van der Waals surface area contributed by atoms with Crippen LogP contribution in [-0.2, 0) is 19.4 Å². The first-order valence-corrected chi connectivity index (χ1v) is 15.0. The summed E-state index contributed by atoms with van der Waals surface area (Å²) in [5.74, 6) is -3.36. The number of hydrogen-bond acceptors (Lipinski definition) is 4. The first-order chi connectivity index (χ1) is 19.4. The molecular weight excluding hydrogens is 661 g/mol. The number of anilines is 2. The summed E-state index contributed by atoms with van der Waals surface area (Å²) >= 11 is 8.23. The van der Waals surface area contributed by atoms with E-state index in [0.29, 0.717) is 27.7 Å². The van der Waals surface area contributed by atoms with E-state index in [4.69, 9.17) is 16.9 Å². The van der Waals surface area contributed by atoms with Crippen LogP contribution in [0.4, 0.5) is 20.2 Å². The van der Waals surface area contributed by atoms with Crippen LogP contribution >= 0.6 is 34.2 Å². The fourth-order valence-corrected chi connectivity index (χ4v) is 7.05. The van der Waals surface area contributed by atoms with Gasteiger partial charge >= 0.3 is 0 Å². The average Bonchev–Trinajstić information content (AvgIpc) is 3.38. The third-order valence-electron chi connectivity index (χ3n) is 7.81. The van der Waals surface area contributed by atoms with Crippen LogP contribution in [0.25, 0.3) is 0 Å². The zero-order chi connectivity index (χ0) is 29.7. The Morgan fingerprint density at radius 2 is 1.88 bits per heavy atom. The number of alkyl halides is 1. The minimum absolute atomic E-state index is 0.0756. The molecule has 6 nitrogen and oxygen atoms in total. The quantitative estimate of drug-likeness (QED) is 0.203. The summed E-state index contributed by atoms with van der Waals surface area (Å²) in [6.45, 7) is 5.97. The maximum absolute atomic E-state index is 16.2. The Kier molecular flexibility index (Phi) is 7.87. The summed E-state index contributed by atoms with van der Waals surface area (Å²) in [6.07, 6.45) is 0.382. The molecule has 0 unspecified atom stereocenters. The standard InChI is InChI=1S/C31H28ClF2IN4O2/c1-30(2,3)13-23-31(25-21(33)11-18(32)12-22(25)38-29(31)41)24(20-6-4-5-17(14-35)26(20)34)27(39-23)28(40)37-19-9-7-16(15-36)8-10-19/h4-12,23-24,27,39H,13-14H2,1-3H3,(H,37,40)(H,38,41)/t23-,24-,27+,31+/m0/s1. The summed E-state index contributed by atoms with van der Waals surface area (Å²) in [5.41, 5.74) is -0.291. The highest BCUT2D eigenvalue weighted by atomic mass is 127. The van der Waals surface area contributed by atoms with Crippen molar-refractivity contribution >= 4 is 57.4 Å². The van der Waals surface area contributed by atoms with E-state index in [9.17, 15) is 9.59 Å². The molecule has 2 heterocycles. The molecule has 0 aromatic heterocycles. The van der Waals surface area contributed by atoms with E-state index < -0.39 is 46.9 Å². The minimum atomic E-state index is -1.66. The summed E-state index contributed by atoms with van der Waals surface area (Å²) in [7, 11) is 0. The van der Waals surface area contributed by atoms with Gasteiger partial charge in [0.05, 0.1) is 17.7 Å². The predicted octanol–water partition coefficient (Wildman–Crippen LogP) is 6.81. The number of rotatable bonds is 5. The summed E-state index contributed by atoms with van der Waals surface area (Å²) in [6, 6.07) is 14.1. The number of amides is 2. The van der Waals surface area contributed by atoms with E-state index in [1.165, 1.54) is 6.07 Å². The van der Waals surface area contributed by atoms with Gasteiger partial charge in [-0.2, -0.15) is 5.26 Å². The van der Waals surface area contributed by atoms with Crippen LogP contribution in [0.15, 0.2) is 54.6 Å². The van der Waals surface area contributed by atoms with Gasteiger partial charge in [0.1, 0.15) is 17.0 Å². The van der Waals surface area contributed by atoms with Gasteiger partial charge in [0.15, 0.2) is 0 Å². The first-order valence-electron chi connectivity index (χ1n) is 13.1. The second kappa shape index (κ2) is 11.0. The fourth-order valence-electron chi connectivity index (χ4n) is 6.26. The van der Waals surface area contributed by atoms with Crippen molar-refractivity contribution in [1.82, 2.24) is 5.32 Å². The first kappa shape index (κ1) is 29.4. The maximum Gasteiger partial charge on any atom is 0.242 e. The molecular formula is C31H28ClF2IN4O2. The molecule has 3 aromatic rings. The van der Waals surface area contributed by atoms with Gasteiger partial charge in [0.2, 0.25) is 11.8 Å². The molecule has 1 fully saturated rings. The molecule has 4 atom stereocenters. The lowest BCUT2D eigenvalue weighted by molar-refractivity contribution is -0.122. The molecule has 41 heavy (non-hydrogen) atoms. The number of benzene rings is 3. The van der Waals surface area contributed by atoms with Gasteiger partial charge in [-0.25, -0.2) is 8.78 Å². The molecule has 2 aliphatic rings. The summed E-state index contributed by atoms with van der Waals surface area (Å²) < 4.78 is 32.5. The smallest absolute Gasteiger partial charge is 0.242 e. The van der Waals surface area contributed by atoms with E-state index in [2.05, 4.69) is 38.5 Å². The number of hydrogen-bond donors (Lipinski definition) is 3. The second-order valence-corrected chi connectivity index (χ2v) is 12.9. The monoisotopic (exact) mass is 688 g/mol. The van der Waals surface area contributed by atoms with E-state index in [1.54, 1.807) is 42.5 Å². The van der Waals surface area contributed by atoms with Gasteiger partial charge in [-0.15, -0.1) is 0 Å². The van der Waals surface area contributed by atoms with Crippen molar-refractivity contribution in [3.63, 3.8) is 0 Å². The molecule has 212 valence electrons. The van der Waals surface area contributed by atoms with Crippen LogP contribution in [-0.4, -0.2) is 23.9 Å². The predicted molar refractivity (Wildman–Crippen MR) is 163 cm³/mol. The molecule has 1 saturated heterocycles. The number of nitriles is 1. The van der Waals surface area contributed by atoms with Crippen LogP contribution in [0.5, 0.6) is 0 Å². The van der Waals surface area contributed by atoms with Crippen LogP contribution < -0.4 is 16.0 Å². The molecule has 2 aliphatic heterocycles. The molecule has 0 aliphatic carbocycles. The molecule has 3 aromatic carbocycles. The Morgan fingerprint density at radius 3 is 2.51 bits per heavy atom. The van der Waals surface area contributed by atoms with Gasteiger partial charge in [0, 0.05) is 38.3 Å². The van der Waals surface area contributed by atoms with E-state index in [-0.39, 0.29) is 27.3 Å². The Bertz CT molecular complexity index is 1580. The zero-order valence-electron chi connectivity index (χ0n) is 22.6.